The molecule has 0 saturated heterocycles. The molecule has 0 unspecified atom stereocenters. The number of anilines is 1. The molecule has 3 N–H and O–H groups in total. The fourth-order valence-electron chi connectivity index (χ4n) is 2.43. The quantitative estimate of drug-likeness (QED) is 0.776. The molecule has 1 aromatic carbocycles. The van der Waals surface area contributed by atoms with Crippen molar-refractivity contribution in [1.82, 2.24) is 0 Å². The predicted octanol–water partition coefficient (Wildman–Crippen LogP) is 2.44. The molecule has 0 atom stereocenters. The summed E-state index contributed by atoms with van der Waals surface area (Å²) in [4.78, 5) is 21.6. The monoisotopic (exact) mass is 263 g/mol. The van der Waals surface area contributed by atoms with Crippen molar-refractivity contribution in [3.63, 3.8) is 0 Å². The van der Waals surface area contributed by atoms with Crippen molar-refractivity contribution in [2.45, 2.75) is 31.7 Å². The number of carboxylic acids is 2. The minimum Gasteiger partial charge on any atom is -0.481 e. The van der Waals surface area contributed by atoms with E-state index in [1.165, 1.54) is 0 Å². The molecule has 0 aromatic heterocycles. The highest BCUT2D eigenvalue weighted by Crippen LogP contribution is 2.26. The van der Waals surface area contributed by atoms with Crippen molar-refractivity contribution in [1.29, 1.82) is 0 Å². The Balaban J connectivity index is 1.88. The lowest BCUT2D eigenvalue weighted by Crippen LogP contribution is -2.29. The summed E-state index contributed by atoms with van der Waals surface area (Å²) in [5, 5.41) is 21.0. The van der Waals surface area contributed by atoms with Crippen molar-refractivity contribution < 1.29 is 19.8 Å². The highest BCUT2D eigenvalue weighted by Gasteiger charge is 2.25. The van der Waals surface area contributed by atoms with E-state index in [9.17, 15) is 9.59 Å². The van der Waals surface area contributed by atoms with Crippen LogP contribution in [0.4, 0.5) is 5.69 Å². The fourth-order valence-corrected chi connectivity index (χ4v) is 2.43. The van der Waals surface area contributed by atoms with Crippen LogP contribution >= 0.6 is 0 Å². The van der Waals surface area contributed by atoms with E-state index in [1.807, 2.05) is 0 Å². The summed E-state index contributed by atoms with van der Waals surface area (Å²) in [6, 6.07) is 6.88. The summed E-state index contributed by atoms with van der Waals surface area (Å²) in [5.74, 6) is -1.86. The lowest BCUT2D eigenvalue weighted by molar-refractivity contribution is -0.142. The van der Waals surface area contributed by atoms with E-state index in [0.29, 0.717) is 12.8 Å². The largest absolute Gasteiger partial charge is 0.481 e. The molecule has 19 heavy (non-hydrogen) atoms. The van der Waals surface area contributed by atoms with E-state index >= 15 is 0 Å². The van der Waals surface area contributed by atoms with E-state index in [0.717, 1.165) is 18.5 Å². The first-order chi connectivity index (χ1) is 9.06. The molecule has 1 aromatic rings. The number of benzene rings is 1. The van der Waals surface area contributed by atoms with Crippen LogP contribution in [0.2, 0.25) is 0 Å². The minimum absolute atomic E-state index is 0.215. The normalized spacial score (nSPS) is 22.7. The number of hydrogen-bond donors (Lipinski definition) is 3. The van der Waals surface area contributed by atoms with Crippen LogP contribution in [0.3, 0.4) is 0 Å². The van der Waals surface area contributed by atoms with E-state index in [-0.39, 0.29) is 17.5 Å². The number of aromatic carboxylic acids is 1. The molecule has 5 nitrogen and oxygen atoms in total. The molecule has 1 aliphatic carbocycles. The molecule has 102 valence electrons. The standard InChI is InChI=1S/C14H17NO4/c16-13(17)9-1-5-11(6-2-9)15-12-7-3-10(4-8-12)14(18)19/h1-2,5-6,10,12,15H,3-4,7-8H2,(H,16,17)(H,18,19). The van der Waals surface area contributed by atoms with Crippen LogP contribution in [0, 0.1) is 5.92 Å². The van der Waals surface area contributed by atoms with Crippen LogP contribution in [0.1, 0.15) is 36.0 Å². The van der Waals surface area contributed by atoms with Crippen LogP contribution < -0.4 is 5.32 Å². The Kier molecular flexibility index (Phi) is 4.04. The Bertz CT molecular complexity index is 461. The number of aliphatic carboxylic acids is 1. The lowest BCUT2D eigenvalue weighted by Gasteiger charge is -2.27. The van der Waals surface area contributed by atoms with Crippen molar-refractivity contribution in [2.24, 2.45) is 5.92 Å². The summed E-state index contributed by atoms with van der Waals surface area (Å²) in [5.41, 5.74) is 1.14. The smallest absolute Gasteiger partial charge is 0.335 e. The van der Waals surface area contributed by atoms with Gasteiger partial charge in [-0.1, -0.05) is 0 Å². The molecular weight excluding hydrogens is 246 g/mol. The second-order valence-corrected chi connectivity index (χ2v) is 4.91. The maximum atomic E-state index is 10.8. The third-order valence-electron chi connectivity index (χ3n) is 3.58. The van der Waals surface area contributed by atoms with Gasteiger partial charge in [0.15, 0.2) is 0 Å². The molecule has 1 saturated carbocycles. The van der Waals surface area contributed by atoms with E-state index in [4.69, 9.17) is 10.2 Å². The summed E-state index contributed by atoms with van der Waals surface area (Å²) < 4.78 is 0. The fraction of sp³-hybridized carbons (Fsp3) is 0.429. The van der Waals surface area contributed by atoms with Gasteiger partial charge in [0.2, 0.25) is 0 Å². The first-order valence-electron chi connectivity index (χ1n) is 6.39. The Labute approximate surface area is 111 Å². The van der Waals surface area contributed by atoms with Crippen LogP contribution in [0.5, 0.6) is 0 Å². The van der Waals surface area contributed by atoms with E-state index in [1.54, 1.807) is 24.3 Å². The van der Waals surface area contributed by atoms with E-state index in [2.05, 4.69) is 5.32 Å². The first kappa shape index (κ1) is 13.4. The zero-order chi connectivity index (χ0) is 13.8. The number of rotatable bonds is 4. The van der Waals surface area contributed by atoms with Gasteiger partial charge in [0.05, 0.1) is 11.5 Å². The second kappa shape index (κ2) is 5.73. The van der Waals surface area contributed by atoms with Gasteiger partial charge in [-0.25, -0.2) is 4.79 Å². The van der Waals surface area contributed by atoms with Crippen molar-refractivity contribution in [3.05, 3.63) is 29.8 Å². The van der Waals surface area contributed by atoms with Gasteiger partial charge in [0, 0.05) is 11.7 Å². The molecular formula is C14H17NO4. The molecule has 0 radical (unpaired) electrons. The Morgan fingerprint density at radius 1 is 1.00 bits per heavy atom. The van der Waals surface area contributed by atoms with Crippen molar-refractivity contribution in [3.8, 4) is 0 Å². The Hall–Kier alpha value is -2.04. The number of nitrogens with one attached hydrogen (secondary N) is 1. The molecule has 0 amide bonds. The topological polar surface area (TPSA) is 86.6 Å². The maximum absolute atomic E-state index is 10.8. The number of carbonyl (C=O) groups is 2. The Morgan fingerprint density at radius 3 is 2.05 bits per heavy atom. The zero-order valence-corrected chi connectivity index (χ0v) is 10.5. The summed E-state index contributed by atoms with van der Waals surface area (Å²) >= 11 is 0. The van der Waals surface area contributed by atoms with Gasteiger partial charge >= 0.3 is 11.9 Å². The summed E-state index contributed by atoms with van der Waals surface area (Å²) in [7, 11) is 0. The molecule has 0 aliphatic heterocycles. The molecule has 1 aliphatic rings. The second-order valence-electron chi connectivity index (χ2n) is 4.91. The molecule has 1 fully saturated rings. The summed E-state index contributed by atoms with van der Waals surface area (Å²) in [6.45, 7) is 0. The van der Waals surface area contributed by atoms with Crippen LogP contribution in [-0.4, -0.2) is 28.2 Å². The molecule has 2 rings (SSSR count). The third-order valence-corrected chi connectivity index (χ3v) is 3.58. The van der Waals surface area contributed by atoms with Crippen molar-refractivity contribution in [2.75, 3.05) is 5.32 Å². The first-order valence-corrected chi connectivity index (χ1v) is 6.39. The number of hydrogen-bond acceptors (Lipinski definition) is 3. The molecule has 0 spiro atoms. The van der Waals surface area contributed by atoms with E-state index < -0.39 is 11.9 Å². The predicted molar refractivity (Wildman–Crippen MR) is 70.4 cm³/mol. The van der Waals surface area contributed by atoms with Gasteiger partial charge in [0.1, 0.15) is 0 Å². The van der Waals surface area contributed by atoms with Crippen LogP contribution in [-0.2, 0) is 4.79 Å². The van der Waals surface area contributed by atoms with Gasteiger partial charge in [-0.05, 0) is 49.9 Å². The Morgan fingerprint density at radius 2 is 1.58 bits per heavy atom. The molecule has 0 bridgehead atoms. The highest BCUT2D eigenvalue weighted by molar-refractivity contribution is 5.88. The molecule has 0 heterocycles. The molecule has 5 heteroatoms. The van der Waals surface area contributed by atoms with Gasteiger partial charge in [-0.15, -0.1) is 0 Å². The lowest BCUT2D eigenvalue weighted by atomic mass is 9.86. The van der Waals surface area contributed by atoms with Gasteiger partial charge in [-0.3, -0.25) is 4.79 Å². The highest BCUT2D eigenvalue weighted by atomic mass is 16.4. The average Bonchev–Trinajstić information content (AvgIpc) is 2.40. The van der Waals surface area contributed by atoms with Gasteiger partial charge < -0.3 is 15.5 Å². The van der Waals surface area contributed by atoms with Crippen molar-refractivity contribution >= 4 is 17.6 Å². The van der Waals surface area contributed by atoms with Gasteiger partial charge in [-0.2, -0.15) is 0 Å². The van der Waals surface area contributed by atoms with Crippen LogP contribution in [0.25, 0.3) is 0 Å². The van der Waals surface area contributed by atoms with Gasteiger partial charge in [0.25, 0.3) is 0 Å². The summed E-state index contributed by atoms with van der Waals surface area (Å²) in [6.07, 6.45) is 3.05. The average molecular weight is 263 g/mol. The minimum atomic E-state index is -0.937. The maximum Gasteiger partial charge on any atom is 0.335 e. The SMILES string of the molecule is O=C(O)c1ccc(NC2CCC(C(=O)O)CC2)cc1. The number of carboxylic acid groups (broad SMARTS) is 2. The third kappa shape index (κ3) is 3.47. The van der Waals surface area contributed by atoms with Crippen LogP contribution in [0.15, 0.2) is 24.3 Å². The zero-order valence-electron chi connectivity index (χ0n) is 10.5.